The maximum Gasteiger partial charge on any atom is 0.409 e. The van der Waals surface area contributed by atoms with Crippen LogP contribution in [0.1, 0.15) is 19.4 Å². The Labute approximate surface area is 98.9 Å². The molecule has 0 spiro atoms. The molecule has 5 nitrogen and oxygen atoms in total. The average molecular weight is 234 g/mol. The van der Waals surface area contributed by atoms with E-state index in [2.05, 4.69) is 5.32 Å². The van der Waals surface area contributed by atoms with Crippen LogP contribution < -0.4 is 11.1 Å². The molecule has 1 fully saturated rings. The van der Waals surface area contributed by atoms with Crippen LogP contribution >= 0.6 is 0 Å². The van der Waals surface area contributed by atoms with Crippen LogP contribution in [0.25, 0.3) is 0 Å². The second-order valence-electron chi connectivity index (χ2n) is 4.40. The molecule has 2 unspecified atom stereocenters. The molecular weight excluding hydrogens is 220 g/mol. The van der Waals surface area contributed by atoms with Gasteiger partial charge in [-0.05, 0) is 19.4 Å². The van der Waals surface area contributed by atoms with Gasteiger partial charge in [-0.15, -0.1) is 0 Å². The van der Waals surface area contributed by atoms with Crippen molar-refractivity contribution in [2.24, 2.45) is 5.73 Å². The molecule has 0 bridgehead atoms. The highest BCUT2D eigenvalue weighted by Crippen LogP contribution is 2.40. The summed E-state index contributed by atoms with van der Waals surface area (Å²) in [5.74, 6) is -0.630. The summed E-state index contributed by atoms with van der Waals surface area (Å²) in [6.45, 7) is 3.23. The summed E-state index contributed by atoms with van der Waals surface area (Å²) in [5.41, 5.74) is 3.74. The van der Waals surface area contributed by atoms with Crippen molar-refractivity contribution in [3.63, 3.8) is 0 Å². The number of nitrogens with two attached hydrogens (primary N) is 1. The molecule has 2 amide bonds. The van der Waals surface area contributed by atoms with E-state index in [4.69, 9.17) is 10.5 Å². The van der Waals surface area contributed by atoms with Gasteiger partial charge in [-0.25, -0.2) is 4.79 Å². The summed E-state index contributed by atoms with van der Waals surface area (Å²) in [4.78, 5) is 23.0. The Kier molecular flexibility index (Phi) is 2.34. The van der Waals surface area contributed by atoms with Gasteiger partial charge >= 0.3 is 6.09 Å². The molecular formula is C12H14N2O3. The largest absolute Gasteiger partial charge is 0.435 e. The Bertz CT molecular complexity index is 474. The van der Waals surface area contributed by atoms with E-state index in [1.807, 2.05) is 18.2 Å². The highest BCUT2D eigenvalue weighted by atomic mass is 16.6. The molecule has 1 saturated heterocycles. The van der Waals surface area contributed by atoms with Gasteiger partial charge in [-0.2, -0.15) is 0 Å². The Morgan fingerprint density at radius 1 is 1.29 bits per heavy atom. The van der Waals surface area contributed by atoms with Gasteiger partial charge in [0.2, 0.25) is 5.91 Å². The fraction of sp³-hybridized carbons (Fsp3) is 0.333. The zero-order valence-corrected chi connectivity index (χ0v) is 9.69. The van der Waals surface area contributed by atoms with Crippen molar-refractivity contribution in [3.8, 4) is 0 Å². The number of hydrogen-bond donors (Lipinski definition) is 2. The topological polar surface area (TPSA) is 81.4 Å². The molecule has 1 aromatic rings. The lowest BCUT2D eigenvalue weighted by Gasteiger charge is -2.35. The minimum Gasteiger partial charge on any atom is -0.435 e. The quantitative estimate of drug-likeness (QED) is 0.797. The molecule has 5 heteroatoms. The number of ether oxygens (including phenoxy) is 1. The lowest BCUT2D eigenvalue weighted by molar-refractivity contribution is -0.129. The van der Waals surface area contributed by atoms with Gasteiger partial charge in [0.05, 0.1) is 0 Å². The van der Waals surface area contributed by atoms with E-state index in [9.17, 15) is 9.59 Å². The fourth-order valence-electron chi connectivity index (χ4n) is 2.04. The van der Waals surface area contributed by atoms with Gasteiger partial charge in [-0.3, -0.25) is 4.79 Å². The van der Waals surface area contributed by atoms with Crippen molar-refractivity contribution in [3.05, 3.63) is 35.9 Å². The number of carbonyl (C=O) groups is 2. The number of benzene rings is 1. The van der Waals surface area contributed by atoms with E-state index in [1.165, 1.54) is 0 Å². The van der Waals surface area contributed by atoms with Crippen LogP contribution in [-0.4, -0.2) is 17.5 Å². The van der Waals surface area contributed by atoms with Crippen LogP contribution in [0.3, 0.4) is 0 Å². The SMILES string of the molecule is CC1(C(N)=O)NC(=O)OC1(C)c1ccccc1. The van der Waals surface area contributed by atoms with Gasteiger partial charge < -0.3 is 15.8 Å². The van der Waals surface area contributed by atoms with E-state index >= 15 is 0 Å². The van der Waals surface area contributed by atoms with Gasteiger partial charge in [0.15, 0.2) is 11.1 Å². The summed E-state index contributed by atoms with van der Waals surface area (Å²) in [6, 6.07) is 9.06. The lowest BCUT2D eigenvalue weighted by Crippen LogP contribution is -2.60. The average Bonchev–Trinajstić information content (AvgIpc) is 2.53. The van der Waals surface area contributed by atoms with Crippen molar-refractivity contribution in [2.75, 3.05) is 0 Å². The number of primary amides is 1. The molecule has 17 heavy (non-hydrogen) atoms. The third-order valence-electron chi connectivity index (χ3n) is 3.42. The van der Waals surface area contributed by atoms with E-state index < -0.39 is 23.1 Å². The smallest absolute Gasteiger partial charge is 0.409 e. The van der Waals surface area contributed by atoms with Crippen molar-refractivity contribution in [1.82, 2.24) is 5.32 Å². The van der Waals surface area contributed by atoms with E-state index in [0.717, 1.165) is 5.56 Å². The molecule has 1 aromatic carbocycles. The Hall–Kier alpha value is -2.04. The monoisotopic (exact) mass is 234 g/mol. The molecule has 0 saturated carbocycles. The van der Waals surface area contributed by atoms with Crippen LogP contribution in [0.4, 0.5) is 4.79 Å². The second-order valence-corrected chi connectivity index (χ2v) is 4.40. The first-order valence-electron chi connectivity index (χ1n) is 5.27. The molecule has 0 aliphatic carbocycles. The number of rotatable bonds is 2. The van der Waals surface area contributed by atoms with Gasteiger partial charge in [-0.1, -0.05) is 30.3 Å². The first-order chi connectivity index (χ1) is 7.90. The predicted molar refractivity (Wildman–Crippen MR) is 61.0 cm³/mol. The number of amides is 2. The third-order valence-corrected chi connectivity index (χ3v) is 3.42. The van der Waals surface area contributed by atoms with Crippen molar-refractivity contribution < 1.29 is 14.3 Å². The summed E-state index contributed by atoms with van der Waals surface area (Å²) >= 11 is 0. The van der Waals surface area contributed by atoms with Crippen LogP contribution in [0.5, 0.6) is 0 Å². The molecule has 1 aliphatic rings. The summed E-state index contributed by atoms with van der Waals surface area (Å²) in [6.07, 6.45) is -0.641. The van der Waals surface area contributed by atoms with Crippen LogP contribution in [0.15, 0.2) is 30.3 Å². The van der Waals surface area contributed by atoms with Gasteiger partial charge in [0.1, 0.15) is 0 Å². The van der Waals surface area contributed by atoms with E-state index in [0.29, 0.717) is 0 Å². The number of nitrogens with one attached hydrogen (secondary N) is 1. The van der Waals surface area contributed by atoms with Crippen LogP contribution in [0, 0.1) is 0 Å². The highest BCUT2D eigenvalue weighted by Gasteiger charge is 2.59. The Morgan fingerprint density at radius 2 is 1.88 bits per heavy atom. The van der Waals surface area contributed by atoms with Gasteiger partial charge in [0.25, 0.3) is 0 Å². The maximum atomic E-state index is 11.6. The molecule has 2 rings (SSSR count). The Balaban J connectivity index is 2.55. The number of cyclic esters (lactones) is 1. The fourth-order valence-corrected chi connectivity index (χ4v) is 2.04. The molecule has 0 aromatic heterocycles. The zero-order chi connectivity index (χ0) is 12.7. The third kappa shape index (κ3) is 1.46. The lowest BCUT2D eigenvalue weighted by atomic mass is 9.77. The maximum absolute atomic E-state index is 11.6. The highest BCUT2D eigenvalue weighted by molar-refractivity contribution is 5.92. The van der Waals surface area contributed by atoms with E-state index in [1.54, 1.807) is 26.0 Å². The van der Waals surface area contributed by atoms with Crippen molar-refractivity contribution >= 4 is 12.0 Å². The zero-order valence-electron chi connectivity index (χ0n) is 9.69. The number of hydrogen-bond acceptors (Lipinski definition) is 3. The van der Waals surface area contributed by atoms with Crippen molar-refractivity contribution in [2.45, 2.75) is 25.0 Å². The summed E-state index contributed by atoms with van der Waals surface area (Å²) in [5, 5.41) is 2.48. The standard InChI is InChI=1S/C12H14N2O3/c1-11(9(13)15)12(2,17-10(16)14-11)8-6-4-3-5-7-8/h3-7H,1-2H3,(H2,13,15)(H,14,16). The molecule has 0 radical (unpaired) electrons. The van der Waals surface area contributed by atoms with Crippen LogP contribution in [-0.2, 0) is 15.1 Å². The summed E-state index contributed by atoms with van der Waals surface area (Å²) in [7, 11) is 0. The molecule has 3 N–H and O–H groups in total. The Morgan fingerprint density at radius 3 is 2.41 bits per heavy atom. The molecule has 2 atom stereocenters. The molecule has 90 valence electrons. The molecule has 1 aliphatic heterocycles. The first-order valence-corrected chi connectivity index (χ1v) is 5.27. The second kappa shape index (κ2) is 3.48. The minimum atomic E-state index is -1.26. The molecule has 1 heterocycles. The minimum absolute atomic E-state index is 0.630. The number of carbonyl (C=O) groups excluding carboxylic acids is 2. The van der Waals surface area contributed by atoms with Crippen LogP contribution in [0.2, 0.25) is 0 Å². The number of alkyl carbamates (subject to hydrolysis) is 1. The summed E-state index contributed by atoms with van der Waals surface area (Å²) < 4.78 is 5.26. The van der Waals surface area contributed by atoms with Crippen molar-refractivity contribution in [1.29, 1.82) is 0 Å². The first kappa shape index (κ1) is 11.4. The predicted octanol–water partition coefficient (Wildman–Crippen LogP) is 0.886. The van der Waals surface area contributed by atoms with Gasteiger partial charge in [0, 0.05) is 0 Å². The normalized spacial score (nSPS) is 31.8. The van der Waals surface area contributed by atoms with E-state index in [-0.39, 0.29) is 0 Å².